The first kappa shape index (κ1) is 15.3. The monoisotopic (exact) mass is 354 g/mol. The molecular formula is C19H15FN2S2. The molecule has 2 nitrogen and oxygen atoms in total. The molecule has 3 aromatic rings. The zero-order valence-electron chi connectivity index (χ0n) is 12.8. The second-order valence-electron chi connectivity index (χ2n) is 5.47. The molecule has 1 atom stereocenters. The van der Waals surface area contributed by atoms with E-state index in [0.717, 1.165) is 12.1 Å². The summed E-state index contributed by atoms with van der Waals surface area (Å²) in [6, 6.07) is 15.1. The van der Waals surface area contributed by atoms with Crippen LogP contribution in [0, 0.1) is 5.82 Å². The maximum Gasteiger partial charge on any atom is 0.148 e. The highest BCUT2D eigenvalue weighted by Crippen LogP contribution is 2.38. The van der Waals surface area contributed by atoms with E-state index in [1.165, 1.54) is 15.8 Å². The van der Waals surface area contributed by atoms with Crippen molar-refractivity contribution in [2.75, 3.05) is 5.01 Å². The number of rotatable bonds is 4. The van der Waals surface area contributed by atoms with Crippen LogP contribution < -0.4 is 5.01 Å². The zero-order valence-corrected chi connectivity index (χ0v) is 14.4. The number of halogens is 1. The van der Waals surface area contributed by atoms with E-state index >= 15 is 0 Å². The van der Waals surface area contributed by atoms with Crippen LogP contribution >= 0.6 is 22.7 Å². The van der Waals surface area contributed by atoms with Gasteiger partial charge in [-0.1, -0.05) is 24.3 Å². The van der Waals surface area contributed by atoms with Crippen LogP contribution in [0.15, 0.2) is 70.5 Å². The van der Waals surface area contributed by atoms with Crippen molar-refractivity contribution in [2.24, 2.45) is 5.10 Å². The first-order chi connectivity index (χ1) is 11.8. The summed E-state index contributed by atoms with van der Waals surface area (Å²) in [5.41, 5.74) is 1.49. The van der Waals surface area contributed by atoms with E-state index in [9.17, 15) is 4.39 Å². The van der Waals surface area contributed by atoms with Crippen molar-refractivity contribution in [1.82, 2.24) is 0 Å². The molecule has 3 heterocycles. The van der Waals surface area contributed by atoms with Crippen molar-refractivity contribution in [3.05, 3.63) is 80.9 Å². The van der Waals surface area contributed by atoms with Crippen molar-refractivity contribution >= 4 is 40.1 Å². The highest BCUT2D eigenvalue weighted by atomic mass is 32.1. The van der Waals surface area contributed by atoms with Crippen LogP contribution in [0.5, 0.6) is 0 Å². The van der Waals surface area contributed by atoms with E-state index in [1.54, 1.807) is 34.8 Å². The number of benzene rings is 1. The Morgan fingerprint density at radius 2 is 1.83 bits per heavy atom. The Kier molecular flexibility index (Phi) is 4.28. The smallest absolute Gasteiger partial charge is 0.148 e. The summed E-state index contributed by atoms with van der Waals surface area (Å²) in [6.45, 7) is 0. The van der Waals surface area contributed by atoms with Gasteiger partial charge >= 0.3 is 0 Å². The molecule has 24 heavy (non-hydrogen) atoms. The number of hydrogen-bond acceptors (Lipinski definition) is 4. The Morgan fingerprint density at radius 3 is 2.58 bits per heavy atom. The fourth-order valence-corrected chi connectivity index (χ4v) is 4.19. The SMILES string of the molecule is Fc1ccccc1N1N=C(/C=C/c2cccs2)CC1c1cccs1. The predicted molar refractivity (Wildman–Crippen MR) is 101 cm³/mol. The van der Waals surface area contributed by atoms with Gasteiger partial charge in [-0.15, -0.1) is 22.7 Å². The molecule has 0 saturated carbocycles. The van der Waals surface area contributed by atoms with E-state index < -0.39 is 0 Å². The van der Waals surface area contributed by atoms with Gasteiger partial charge in [0.2, 0.25) is 0 Å². The highest BCUT2D eigenvalue weighted by Gasteiger charge is 2.30. The lowest BCUT2D eigenvalue weighted by molar-refractivity contribution is 0.608. The van der Waals surface area contributed by atoms with Gasteiger partial charge in [0.1, 0.15) is 5.82 Å². The average molecular weight is 354 g/mol. The third-order valence-corrected chi connectivity index (χ3v) is 5.70. The molecule has 1 unspecified atom stereocenters. The summed E-state index contributed by atoms with van der Waals surface area (Å²) >= 11 is 3.37. The van der Waals surface area contributed by atoms with Gasteiger partial charge < -0.3 is 0 Å². The Hall–Kier alpha value is -2.24. The molecule has 0 bridgehead atoms. The zero-order chi connectivity index (χ0) is 16.4. The van der Waals surface area contributed by atoms with Crippen LogP contribution in [0.2, 0.25) is 0 Å². The lowest BCUT2D eigenvalue weighted by atomic mass is 10.1. The van der Waals surface area contributed by atoms with E-state index in [-0.39, 0.29) is 11.9 Å². The van der Waals surface area contributed by atoms with E-state index in [1.807, 2.05) is 34.7 Å². The maximum atomic E-state index is 14.3. The van der Waals surface area contributed by atoms with Crippen LogP contribution in [0.25, 0.3) is 6.08 Å². The van der Waals surface area contributed by atoms with Gasteiger partial charge in [0.15, 0.2) is 0 Å². The second-order valence-corrected chi connectivity index (χ2v) is 7.43. The van der Waals surface area contributed by atoms with Gasteiger partial charge in [0.05, 0.1) is 17.4 Å². The summed E-state index contributed by atoms with van der Waals surface area (Å²) in [4.78, 5) is 2.39. The number of thiophene rings is 2. The topological polar surface area (TPSA) is 15.6 Å². The average Bonchev–Trinajstić information content (AvgIpc) is 3.34. The molecular weight excluding hydrogens is 339 g/mol. The first-order valence-electron chi connectivity index (χ1n) is 7.67. The molecule has 120 valence electrons. The Balaban J connectivity index is 1.68. The van der Waals surface area contributed by atoms with Crippen LogP contribution in [-0.4, -0.2) is 5.71 Å². The minimum absolute atomic E-state index is 0.0462. The predicted octanol–water partition coefficient (Wildman–Crippen LogP) is 5.97. The van der Waals surface area contributed by atoms with Crippen molar-refractivity contribution in [1.29, 1.82) is 0 Å². The molecule has 0 fully saturated rings. The minimum Gasteiger partial charge on any atom is -0.254 e. The molecule has 0 N–H and O–H groups in total. The number of nitrogens with zero attached hydrogens (tertiary/aromatic N) is 2. The maximum absolute atomic E-state index is 14.3. The van der Waals surface area contributed by atoms with Gasteiger partial charge in [-0.05, 0) is 47.2 Å². The fraction of sp³-hybridized carbons (Fsp3) is 0.105. The molecule has 1 aliphatic heterocycles. The van der Waals surface area contributed by atoms with Crippen LogP contribution in [0.3, 0.4) is 0 Å². The summed E-state index contributed by atoms with van der Waals surface area (Å²) in [5.74, 6) is -0.244. The Labute approximate surface area is 148 Å². The van der Waals surface area contributed by atoms with Crippen LogP contribution in [-0.2, 0) is 0 Å². The molecule has 0 spiro atoms. The molecule has 5 heteroatoms. The molecule has 2 aromatic heterocycles. The van der Waals surface area contributed by atoms with Crippen molar-refractivity contribution in [2.45, 2.75) is 12.5 Å². The summed E-state index contributed by atoms with van der Waals surface area (Å²) in [7, 11) is 0. The second kappa shape index (κ2) is 6.71. The van der Waals surface area contributed by atoms with Gasteiger partial charge in [0, 0.05) is 16.2 Å². The standard InChI is InChI=1S/C19H15FN2S2/c20-16-6-1-2-7-17(16)22-18(19-8-4-12-24-19)13-14(21-22)9-10-15-5-3-11-23-15/h1-12,18H,13H2/b10-9+. The largest absolute Gasteiger partial charge is 0.254 e. The molecule has 4 rings (SSSR count). The fourth-order valence-electron chi connectivity index (χ4n) is 2.76. The molecule has 0 radical (unpaired) electrons. The summed E-state index contributed by atoms with van der Waals surface area (Å²) in [6.07, 6.45) is 4.88. The van der Waals surface area contributed by atoms with Gasteiger partial charge in [-0.2, -0.15) is 5.10 Å². The quantitative estimate of drug-likeness (QED) is 0.563. The highest BCUT2D eigenvalue weighted by molar-refractivity contribution is 7.10. The van der Waals surface area contributed by atoms with E-state index in [4.69, 9.17) is 5.10 Å². The molecule has 0 aliphatic carbocycles. The number of para-hydroxylation sites is 1. The molecule has 0 saturated heterocycles. The third-order valence-electron chi connectivity index (χ3n) is 3.89. The van der Waals surface area contributed by atoms with E-state index in [0.29, 0.717) is 5.69 Å². The van der Waals surface area contributed by atoms with E-state index in [2.05, 4.69) is 23.6 Å². The van der Waals surface area contributed by atoms with Crippen molar-refractivity contribution in [3.8, 4) is 0 Å². The van der Waals surface area contributed by atoms with Gasteiger partial charge in [-0.3, -0.25) is 5.01 Å². The first-order valence-corrected chi connectivity index (χ1v) is 9.43. The van der Waals surface area contributed by atoms with Gasteiger partial charge in [0.25, 0.3) is 0 Å². The third kappa shape index (κ3) is 3.05. The number of hydrogen-bond donors (Lipinski definition) is 0. The number of hydrazone groups is 1. The number of anilines is 1. The van der Waals surface area contributed by atoms with Crippen LogP contribution in [0.4, 0.5) is 10.1 Å². The minimum atomic E-state index is -0.244. The Morgan fingerprint density at radius 1 is 1.00 bits per heavy atom. The molecule has 0 amide bonds. The van der Waals surface area contributed by atoms with Crippen LogP contribution in [0.1, 0.15) is 22.2 Å². The van der Waals surface area contributed by atoms with Crippen molar-refractivity contribution < 1.29 is 4.39 Å². The summed E-state index contributed by atoms with van der Waals surface area (Å²) in [5, 5.41) is 10.6. The normalized spacial score (nSPS) is 17.6. The number of allylic oxidation sites excluding steroid dienone is 1. The Bertz CT molecular complexity index is 867. The molecule has 1 aromatic carbocycles. The van der Waals surface area contributed by atoms with Gasteiger partial charge in [-0.25, -0.2) is 4.39 Å². The summed E-state index contributed by atoms with van der Waals surface area (Å²) < 4.78 is 14.3. The lowest BCUT2D eigenvalue weighted by Crippen LogP contribution is -2.18. The lowest BCUT2D eigenvalue weighted by Gasteiger charge is -2.23. The van der Waals surface area contributed by atoms with Crippen molar-refractivity contribution in [3.63, 3.8) is 0 Å². The molecule has 1 aliphatic rings.